The van der Waals surface area contributed by atoms with E-state index in [1.807, 2.05) is 0 Å². The minimum Gasteiger partial charge on any atom is -0.396 e. The van der Waals surface area contributed by atoms with Gasteiger partial charge in [-0.05, 0) is 30.6 Å². The summed E-state index contributed by atoms with van der Waals surface area (Å²) in [5, 5.41) is 9.11. The summed E-state index contributed by atoms with van der Waals surface area (Å²) in [6, 6.07) is 0. The molecule has 2 rings (SSSR count). The summed E-state index contributed by atoms with van der Waals surface area (Å²) in [4.78, 5) is 0. The highest BCUT2D eigenvalue weighted by Crippen LogP contribution is 2.27. The highest BCUT2D eigenvalue weighted by molar-refractivity contribution is 7.86. The van der Waals surface area contributed by atoms with Crippen molar-refractivity contribution < 1.29 is 13.5 Å². The van der Waals surface area contributed by atoms with Crippen LogP contribution in [0.4, 0.5) is 0 Å². The summed E-state index contributed by atoms with van der Waals surface area (Å²) in [5.74, 6) is 0.971. The number of rotatable bonds is 3. The lowest BCUT2D eigenvalue weighted by Crippen LogP contribution is -2.49. The van der Waals surface area contributed by atoms with Crippen LogP contribution in [0.25, 0.3) is 0 Å². The number of hydrogen-bond donors (Lipinski definition) is 1. The van der Waals surface area contributed by atoms with Crippen molar-refractivity contribution in [1.29, 1.82) is 0 Å². The van der Waals surface area contributed by atoms with Crippen LogP contribution >= 0.6 is 0 Å². The summed E-state index contributed by atoms with van der Waals surface area (Å²) in [6.45, 7) is 6.58. The first-order valence-corrected chi connectivity index (χ1v) is 8.19. The first-order valence-electron chi connectivity index (χ1n) is 6.79. The molecule has 0 saturated carbocycles. The summed E-state index contributed by atoms with van der Waals surface area (Å²) < 4.78 is 28.2. The number of aliphatic hydroxyl groups excluding tert-OH is 1. The van der Waals surface area contributed by atoms with Gasteiger partial charge in [-0.15, -0.1) is 0 Å². The van der Waals surface area contributed by atoms with Crippen LogP contribution in [0.2, 0.25) is 0 Å². The average Bonchev–Trinajstić information content (AvgIpc) is 2.76. The zero-order valence-electron chi connectivity index (χ0n) is 11.2. The van der Waals surface area contributed by atoms with Gasteiger partial charge in [0.25, 0.3) is 10.2 Å². The zero-order chi connectivity index (χ0) is 13.3. The fraction of sp³-hybridized carbons (Fsp3) is 1.00. The monoisotopic (exact) mass is 276 g/mol. The van der Waals surface area contributed by atoms with Gasteiger partial charge in [0.05, 0.1) is 0 Å². The molecule has 106 valence electrons. The molecule has 0 radical (unpaired) electrons. The summed E-state index contributed by atoms with van der Waals surface area (Å²) >= 11 is 0. The van der Waals surface area contributed by atoms with Crippen LogP contribution in [-0.4, -0.2) is 54.9 Å². The van der Waals surface area contributed by atoms with Gasteiger partial charge in [0.1, 0.15) is 0 Å². The van der Waals surface area contributed by atoms with E-state index >= 15 is 0 Å². The molecule has 0 aromatic heterocycles. The molecule has 18 heavy (non-hydrogen) atoms. The largest absolute Gasteiger partial charge is 0.396 e. The highest BCUT2D eigenvalue weighted by Gasteiger charge is 2.38. The van der Waals surface area contributed by atoms with Crippen molar-refractivity contribution in [3.63, 3.8) is 0 Å². The molecule has 2 aliphatic rings. The second-order valence-corrected chi connectivity index (χ2v) is 7.89. The van der Waals surface area contributed by atoms with Crippen molar-refractivity contribution in [3.05, 3.63) is 0 Å². The molecule has 0 aromatic carbocycles. The highest BCUT2D eigenvalue weighted by atomic mass is 32.2. The first kappa shape index (κ1) is 14.2. The average molecular weight is 276 g/mol. The van der Waals surface area contributed by atoms with Crippen molar-refractivity contribution in [2.45, 2.75) is 26.7 Å². The molecule has 2 heterocycles. The maximum atomic E-state index is 12.5. The van der Waals surface area contributed by atoms with Crippen molar-refractivity contribution in [1.82, 2.24) is 8.61 Å². The number of piperidine rings is 1. The number of nitrogens with zero attached hydrogens (tertiary/aromatic N) is 2. The second kappa shape index (κ2) is 5.45. The maximum absolute atomic E-state index is 12.5. The minimum absolute atomic E-state index is 0.0822. The molecular formula is C12H24N2O3S. The van der Waals surface area contributed by atoms with E-state index in [0.717, 1.165) is 12.8 Å². The van der Waals surface area contributed by atoms with Crippen LogP contribution in [0.1, 0.15) is 26.7 Å². The predicted octanol–water partition coefficient (Wildman–Crippen LogP) is 0.523. The fourth-order valence-electron chi connectivity index (χ4n) is 3.11. The van der Waals surface area contributed by atoms with E-state index in [1.54, 1.807) is 8.61 Å². The molecule has 5 nitrogen and oxygen atoms in total. The Morgan fingerprint density at radius 2 is 1.72 bits per heavy atom. The van der Waals surface area contributed by atoms with Crippen LogP contribution in [-0.2, 0) is 10.2 Å². The van der Waals surface area contributed by atoms with Crippen LogP contribution < -0.4 is 0 Å². The van der Waals surface area contributed by atoms with Gasteiger partial charge < -0.3 is 5.11 Å². The molecule has 0 amide bonds. The zero-order valence-corrected chi connectivity index (χ0v) is 12.1. The van der Waals surface area contributed by atoms with E-state index < -0.39 is 10.2 Å². The van der Waals surface area contributed by atoms with Gasteiger partial charge in [-0.1, -0.05) is 13.8 Å². The molecule has 2 fully saturated rings. The Morgan fingerprint density at radius 3 is 2.22 bits per heavy atom. The van der Waals surface area contributed by atoms with Gasteiger partial charge in [0.15, 0.2) is 0 Å². The Kier molecular flexibility index (Phi) is 4.31. The molecule has 0 aromatic rings. The van der Waals surface area contributed by atoms with Gasteiger partial charge in [0, 0.05) is 32.8 Å². The molecule has 6 heteroatoms. The van der Waals surface area contributed by atoms with E-state index in [2.05, 4.69) is 13.8 Å². The molecular weight excluding hydrogens is 252 g/mol. The number of hydrogen-bond acceptors (Lipinski definition) is 3. The van der Waals surface area contributed by atoms with Crippen LogP contribution in [0.5, 0.6) is 0 Å². The Bertz CT molecular complexity index is 375. The van der Waals surface area contributed by atoms with Gasteiger partial charge >= 0.3 is 0 Å². The molecule has 2 aliphatic heterocycles. The lowest BCUT2D eigenvalue weighted by Gasteiger charge is -2.36. The summed E-state index contributed by atoms with van der Waals surface area (Å²) in [7, 11) is -3.32. The summed E-state index contributed by atoms with van der Waals surface area (Å²) in [6.07, 6.45) is 1.87. The smallest absolute Gasteiger partial charge is 0.282 e. The Morgan fingerprint density at radius 1 is 1.11 bits per heavy atom. The minimum atomic E-state index is -3.32. The van der Waals surface area contributed by atoms with Gasteiger partial charge in [0.2, 0.25) is 0 Å². The fourth-order valence-corrected chi connectivity index (χ4v) is 5.06. The summed E-state index contributed by atoms with van der Waals surface area (Å²) in [5.41, 5.74) is 0. The lowest BCUT2D eigenvalue weighted by molar-refractivity contribution is 0.207. The molecule has 0 aliphatic carbocycles. The molecule has 0 spiro atoms. The van der Waals surface area contributed by atoms with E-state index in [4.69, 9.17) is 5.11 Å². The van der Waals surface area contributed by atoms with E-state index in [-0.39, 0.29) is 12.5 Å². The lowest BCUT2D eigenvalue weighted by atomic mass is 9.94. The SMILES string of the molecule is CC1CC(C)CN(S(=O)(=O)N2CCC(CO)C2)C1. The normalized spacial score (nSPS) is 36.1. The van der Waals surface area contributed by atoms with E-state index in [1.165, 1.54) is 0 Å². The van der Waals surface area contributed by atoms with Crippen LogP contribution in [0.3, 0.4) is 0 Å². The predicted molar refractivity (Wildman–Crippen MR) is 70.2 cm³/mol. The topological polar surface area (TPSA) is 60.9 Å². The van der Waals surface area contributed by atoms with E-state index in [0.29, 0.717) is 38.0 Å². The molecule has 2 saturated heterocycles. The number of aliphatic hydroxyl groups is 1. The molecule has 3 atom stereocenters. The van der Waals surface area contributed by atoms with Crippen molar-refractivity contribution in [3.8, 4) is 0 Å². The first-order chi connectivity index (χ1) is 8.43. The molecule has 3 unspecified atom stereocenters. The van der Waals surface area contributed by atoms with Gasteiger partial charge in [-0.3, -0.25) is 0 Å². The Labute approximate surface area is 110 Å². The van der Waals surface area contributed by atoms with Crippen LogP contribution in [0, 0.1) is 17.8 Å². The Hall–Kier alpha value is -0.170. The molecule has 0 bridgehead atoms. The quantitative estimate of drug-likeness (QED) is 0.817. The third-order valence-corrected chi connectivity index (χ3v) is 5.93. The van der Waals surface area contributed by atoms with Crippen LogP contribution in [0.15, 0.2) is 0 Å². The third kappa shape index (κ3) is 2.87. The van der Waals surface area contributed by atoms with Crippen molar-refractivity contribution in [2.75, 3.05) is 32.8 Å². The van der Waals surface area contributed by atoms with Gasteiger partial charge in [-0.25, -0.2) is 0 Å². The standard InChI is InChI=1S/C12H24N2O3S/c1-10-5-11(2)7-14(6-10)18(16,17)13-4-3-12(8-13)9-15/h10-12,15H,3-9H2,1-2H3. The van der Waals surface area contributed by atoms with Crippen molar-refractivity contribution >= 4 is 10.2 Å². The third-order valence-electron chi connectivity index (χ3n) is 3.99. The van der Waals surface area contributed by atoms with E-state index in [9.17, 15) is 8.42 Å². The van der Waals surface area contributed by atoms with Gasteiger partial charge in [-0.2, -0.15) is 17.0 Å². The molecule has 1 N–H and O–H groups in total. The Balaban J connectivity index is 2.06. The van der Waals surface area contributed by atoms with Crippen molar-refractivity contribution in [2.24, 2.45) is 17.8 Å². The second-order valence-electron chi connectivity index (χ2n) is 5.97. The maximum Gasteiger partial charge on any atom is 0.282 e.